The molecule has 0 unspecified atom stereocenters. The third kappa shape index (κ3) is 3.25. The van der Waals surface area contributed by atoms with Crippen LogP contribution in [0.15, 0.2) is 4.52 Å². The van der Waals surface area contributed by atoms with Crippen LogP contribution in [0.3, 0.4) is 0 Å². The first-order valence-electron chi connectivity index (χ1n) is 8.91. The number of nitrogens with zero attached hydrogens (tertiary/aromatic N) is 5. The average molecular weight is 360 g/mol. The third-order valence-electron chi connectivity index (χ3n) is 5.10. The summed E-state index contributed by atoms with van der Waals surface area (Å²) in [5, 5.41) is 12.0. The van der Waals surface area contributed by atoms with E-state index in [4.69, 9.17) is 4.52 Å². The first-order chi connectivity index (χ1) is 12.1. The van der Waals surface area contributed by atoms with E-state index in [1.807, 2.05) is 58.3 Å². The smallest absolute Gasteiger partial charge is 0.240 e. The molecule has 8 nitrogen and oxygen atoms in total. The van der Waals surface area contributed by atoms with Gasteiger partial charge in [0, 0.05) is 43.2 Å². The predicted octanol–water partition coefficient (Wildman–Crippen LogP) is 1.78. The van der Waals surface area contributed by atoms with Crippen molar-refractivity contribution < 1.29 is 9.32 Å². The molecule has 142 valence electrons. The lowest BCUT2D eigenvalue weighted by atomic mass is 9.96. The monoisotopic (exact) mass is 360 g/mol. The molecule has 2 aromatic heterocycles. The first-order valence-corrected chi connectivity index (χ1v) is 8.91. The van der Waals surface area contributed by atoms with Gasteiger partial charge in [-0.1, -0.05) is 25.9 Å². The van der Waals surface area contributed by atoms with Crippen LogP contribution < -0.4 is 5.32 Å². The van der Waals surface area contributed by atoms with Gasteiger partial charge < -0.3 is 14.7 Å². The second-order valence-electron chi connectivity index (χ2n) is 8.11. The summed E-state index contributed by atoms with van der Waals surface area (Å²) < 4.78 is 7.23. The minimum atomic E-state index is -0.155. The largest absolute Gasteiger partial charge is 0.338 e. The van der Waals surface area contributed by atoms with E-state index in [0.29, 0.717) is 24.7 Å². The molecule has 1 aliphatic rings. The van der Waals surface area contributed by atoms with Crippen LogP contribution in [0.25, 0.3) is 0 Å². The zero-order valence-electron chi connectivity index (χ0n) is 16.6. The van der Waals surface area contributed by atoms with Crippen LogP contribution in [-0.4, -0.2) is 43.8 Å². The Morgan fingerprint density at radius 2 is 1.96 bits per heavy atom. The zero-order valence-corrected chi connectivity index (χ0v) is 16.6. The van der Waals surface area contributed by atoms with Crippen LogP contribution in [0.4, 0.5) is 0 Å². The third-order valence-corrected chi connectivity index (χ3v) is 5.10. The summed E-state index contributed by atoms with van der Waals surface area (Å²) in [6, 6.07) is -0.0831. The van der Waals surface area contributed by atoms with Gasteiger partial charge in [-0.25, -0.2) is 0 Å². The second-order valence-corrected chi connectivity index (χ2v) is 8.11. The van der Waals surface area contributed by atoms with Crippen LogP contribution in [-0.2, 0) is 23.8 Å². The maximum Gasteiger partial charge on any atom is 0.240 e. The van der Waals surface area contributed by atoms with E-state index in [0.717, 1.165) is 17.0 Å². The zero-order chi connectivity index (χ0) is 19.2. The van der Waals surface area contributed by atoms with Crippen LogP contribution in [0.1, 0.15) is 61.9 Å². The van der Waals surface area contributed by atoms with Crippen LogP contribution in [0.2, 0.25) is 0 Å². The highest BCUT2D eigenvalue weighted by Gasteiger charge is 2.41. The number of carbonyl (C=O) groups excluding carboxylic acids is 1. The molecule has 1 aliphatic heterocycles. The number of hydrogen-bond acceptors (Lipinski definition) is 6. The minimum Gasteiger partial charge on any atom is -0.338 e. The number of carbonyl (C=O) groups is 1. The van der Waals surface area contributed by atoms with Crippen LogP contribution in [0.5, 0.6) is 0 Å². The van der Waals surface area contributed by atoms with E-state index in [1.165, 1.54) is 0 Å². The molecule has 2 atom stereocenters. The molecule has 0 aromatic carbocycles. The highest BCUT2D eigenvalue weighted by molar-refractivity contribution is 5.80. The van der Waals surface area contributed by atoms with Crippen molar-refractivity contribution in [1.82, 2.24) is 30.1 Å². The lowest BCUT2D eigenvalue weighted by molar-refractivity contribution is -0.127. The molecule has 0 spiro atoms. The number of rotatable bonds is 4. The van der Waals surface area contributed by atoms with Gasteiger partial charge in [0.2, 0.25) is 11.8 Å². The van der Waals surface area contributed by atoms with Crippen LogP contribution >= 0.6 is 0 Å². The molecule has 8 heteroatoms. The molecule has 0 bridgehead atoms. The topological polar surface area (TPSA) is 89.1 Å². The number of aromatic nitrogens is 4. The number of aryl methyl sites for hydroxylation is 2. The molecular weight excluding hydrogens is 332 g/mol. The molecule has 0 aliphatic carbocycles. The molecular formula is C18H28N6O2. The Kier molecular flexibility index (Phi) is 4.64. The fourth-order valence-corrected chi connectivity index (χ4v) is 3.52. The SMILES string of the molecule is Cc1nn(C)c(C)c1[C@H]1[C@H](NCc2nc(C(C)(C)C)no2)CC(=O)N1C. The number of nitrogens with one attached hydrogen (secondary N) is 1. The minimum absolute atomic E-state index is 0.0286. The molecule has 1 fully saturated rings. The van der Waals surface area contributed by atoms with Crippen molar-refractivity contribution >= 4 is 5.91 Å². The van der Waals surface area contributed by atoms with Crippen LogP contribution in [0, 0.1) is 13.8 Å². The number of likely N-dealkylation sites (N-methyl/N-ethyl adjacent to an activating group) is 1. The van der Waals surface area contributed by atoms with Gasteiger partial charge in [-0.2, -0.15) is 10.1 Å². The molecule has 0 saturated carbocycles. The fraction of sp³-hybridized carbons (Fsp3) is 0.667. The molecule has 3 heterocycles. The lowest BCUT2D eigenvalue weighted by Gasteiger charge is -2.26. The molecule has 1 N–H and O–H groups in total. The van der Waals surface area contributed by atoms with Gasteiger partial charge in [-0.05, 0) is 13.8 Å². The van der Waals surface area contributed by atoms with Crippen molar-refractivity contribution in [1.29, 1.82) is 0 Å². The molecule has 26 heavy (non-hydrogen) atoms. The Hall–Kier alpha value is -2.22. The van der Waals surface area contributed by atoms with Gasteiger partial charge in [-0.15, -0.1) is 0 Å². The van der Waals surface area contributed by atoms with E-state index in [1.54, 1.807) is 0 Å². The second kappa shape index (κ2) is 6.50. The molecule has 3 rings (SSSR count). The Labute approximate surface area is 153 Å². The first kappa shape index (κ1) is 18.6. The van der Waals surface area contributed by atoms with Crippen molar-refractivity contribution in [3.8, 4) is 0 Å². The Morgan fingerprint density at radius 1 is 1.27 bits per heavy atom. The van der Waals surface area contributed by atoms with Crippen molar-refractivity contribution in [2.45, 2.75) is 65.1 Å². The quantitative estimate of drug-likeness (QED) is 0.894. The van der Waals surface area contributed by atoms with E-state index < -0.39 is 0 Å². The summed E-state index contributed by atoms with van der Waals surface area (Å²) in [5.74, 6) is 1.34. The van der Waals surface area contributed by atoms with Gasteiger partial charge in [0.1, 0.15) is 0 Å². The maximum absolute atomic E-state index is 12.4. The van der Waals surface area contributed by atoms with E-state index in [2.05, 4.69) is 20.6 Å². The van der Waals surface area contributed by atoms with E-state index >= 15 is 0 Å². The molecule has 1 amide bonds. The standard InChI is InChI=1S/C18H28N6O2/c1-10-15(11(2)24(7)21-10)16-12(8-14(25)23(16)6)19-9-13-20-17(22-26-13)18(3,4)5/h12,16,19H,8-9H2,1-7H3/t12-,16-/m1/s1. The normalized spacial score (nSPS) is 21.0. The van der Waals surface area contributed by atoms with Crippen molar-refractivity contribution in [3.63, 3.8) is 0 Å². The number of amides is 1. The summed E-state index contributed by atoms with van der Waals surface area (Å²) in [7, 11) is 3.78. The Balaban J connectivity index is 1.80. The van der Waals surface area contributed by atoms with Gasteiger partial charge >= 0.3 is 0 Å². The molecule has 0 radical (unpaired) electrons. The lowest BCUT2D eigenvalue weighted by Crippen LogP contribution is -2.35. The van der Waals surface area contributed by atoms with Gasteiger partial charge in [0.25, 0.3) is 0 Å². The average Bonchev–Trinajstić information content (AvgIpc) is 3.19. The number of hydrogen-bond donors (Lipinski definition) is 1. The highest BCUT2D eigenvalue weighted by Crippen LogP contribution is 2.35. The van der Waals surface area contributed by atoms with Crippen molar-refractivity contribution in [2.24, 2.45) is 7.05 Å². The maximum atomic E-state index is 12.4. The summed E-state index contributed by atoms with van der Waals surface area (Å²) in [5.41, 5.74) is 2.99. The Morgan fingerprint density at radius 3 is 2.50 bits per heavy atom. The fourth-order valence-electron chi connectivity index (χ4n) is 3.52. The summed E-state index contributed by atoms with van der Waals surface area (Å²) in [6.07, 6.45) is 0.440. The Bertz CT molecular complexity index is 816. The molecule has 1 saturated heterocycles. The van der Waals surface area contributed by atoms with E-state index in [-0.39, 0.29) is 23.4 Å². The van der Waals surface area contributed by atoms with E-state index in [9.17, 15) is 4.79 Å². The van der Waals surface area contributed by atoms with Gasteiger partial charge in [0.05, 0.1) is 18.3 Å². The van der Waals surface area contributed by atoms with Crippen molar-refractivity contribution in [2.75, 3.05) is 7.05 Å². The predicted molar refractivity (Wildman–Crippen MR) is 96.4 cm³/mol. The molecule has 2 aromatic rings. The van der Waals surface area contributed by atoms with Gasteiger partial charge in [-0.3, -0.25) is 9.48 Å². The summed E-state index contributed by atoms with van der Waals surface area (Å²) in [6.45, 7) is 10.6. The summed E-state index contributed by atoms with van der Waals surface area (Å²) >= 11 is 0. The number of likely N-dealkylation sites (tertiary alicyclic amines) is 1. The van der Waals surface area contributed by atoms with Gasteiger partial charge in [0.15, 0.2) is 5.82 Å². The summed E-state index contributed by atoms with van der Waals surface area (Å²) in [4.78, 5) is 18.6. The highest BCUT2D eigenvalue weighted by atomic mass is 16.5. The van der Waals surface area contributed by atoms with Crippen molar-refractivity contribution in [3.05, 3.63) is 28.7 Å².